The monoisotopic (exact) mass is 380 g/mol. The van der Waals surface area contributed by atoms with Crippen LogP contribution in [0.1, 0.15) is 49.0 Å². The van der Waals surface area contributed by atoms with Crippen LogP contribution in [0.4, 0.5) is 0 Å². The van der Waals surface area contributed by atoms with Gasteiger partial charge in [0.1, 0.15) is 5.75 Å². The van der Waals surface area contributed by atoms with E-state index in [2.05, 4.69) is 50.1 Å². The molecule has 0 saturated carbocycles. The van der Waals surface area contributed by atoms with E-state index >= 15 is 0 Å². The second-order valence-corrected chi connectivity index (χ2v) is 7.86. The van der Waals surface area contributed by atoms with Crippen molar-refractivity contribution in [2.24, 2.45) is 0 Å². The molecule has 150 valence electrons. The minimum Gasteiger partial charge on any atom is -0.494 e. The first kappa shape index (κ1) is 20.4. The van der Waals surface area contributed by atoms with E-state index in [1.54, 1.807) is 0 Å². The first-order chi connectivity index (χ1) is 13.5. The van der Waals surface area contributed by atoms with E-state index < -0.39 is 0 Å². The highest BCUT2D eigenvalue weighted by Crippen LogP contribution is 2.32. The van der Waals surface area contributed by atoms with Gasteiger partial charge in [-0.05, 0) is 73.8 Å². The number of nitrogens with zero attached hydrogens (tertiary/aromatic N) is 2. The summed E-state index contributed by atoms with van der Waals surface area (Å²) in [7, 11) is 2.12. The molecular weight excluding hydrogens is 348 g/mol. The third-order valence-corrected chi connectivity index (χ3v) is 5.41. The molecule has 4 heteroatoms. The number of hydrogen-bond donors (Lipinski definition) is 0. The molecule has 0 radical (unpaired) electrons. The molecule has 2 aromatic carbocycles. The van der Waals surface area contributed by atoms with Crippen LogP contribution < -0.4 is 4.74 Å². The molecule has 0 unspecified atom stereocenters. The van der Waals surface area contributed by atoms with Gasteiger partial charge in [0.25, 0.3) is 5.91 Å². The molecule has 0 N–H and O–H groups in total. The van der Waals surface area contributed by atoms with E-state index in [9.17, 15) is 4.79 Å². The third kappa shape index (κ3) is 4.74. The Morgan fingerprint density at radius 1 is 1.04 bits per heavy atom. The Hall–Kier alpha value is -2.33. The molecule has 0 atom stereocenters. The van der Waals surface area contributed by atoms with Crippen LogP contribution in [-0.4, -0.2) is 55.5 Å². The van der Waals surface area contributed by atoms with E-state index in [0.717, 1.165) is 55.0 Å². The van der Waals surface area contributed by atoms with E-state index in [1.165, 1.54) is 5.56 Å². The number of carbonyl (C=O) groups excluding carboxylic acids is 1. The van der Waals surface area contributed by atoms with E-state index in [1.807, 2.05) is 30.0 Å². The lowest BCUT2D eigenvalue weighted by atomic mass is 9.90. The molecule has 1 aliphatic rings. The van der Waals surface area contributed by atoms with Gasteiger partial charge in [-0.2, -0.15) is 0 Å². The molecule has 0 spiro atoms. The SMILES string of the molecule is CCOc1ccc(-c2cc(C(=O)N3CCCN(C)CC3)ccc2C(C)C)cc1. The summed E-state index contributed by atoms with van der Waals surface area (Å²) < 4.78 is 5.57. The van der Waals surface area contributed by atoms with Crippen LogP contribution in [0.15, 0.2) is 42.5 Å². The Kier molecular flexibility index (Phi) is 6.74. The summed E-state index contributed by atoms with van der Waals surface area (Å²) in [6.07, 6.45) is 1.03. The summed E-state index contributed by atoms with van der Waals surface area (Å²) in [6.45, 7) is 10.6. The first-order valence-corrected chi connectivity index (χ1v) is 10.3. The van der Waals surface area contributed by atoms with Crippen molar-refractivity contribution in [2.45, 2.75) is 33.1 Å². The van der Waals surface area contributed by atoms with Gasteiger partial charge >= 0.3 is 0 Å². The third-order valence-electron chi connectivity index (χ3n) is 5.41. The highest BCUT2D eigenvalue weighted by atomic mass is 16.5. The molecule has 4 nitrogen and oxygen atoms in total. The van der Waals surface area contributed by atoms with Gasteiger partial charge in [0.15, 0.2) is 0 Å². The largest absolute Gasteiger partial charge is 0.494 e. The average molecular weight is 381 g/mol. The Balaban J connectivity index is 1.91. The Labute approximate surface area is 169 Å². The fourth-order valence-corrected chi connectivity index (χ4v) is 3.77. The second kappa shape index (κ2) is 9.24. The van der Waals surface area contributed by atoms with Gasteiger partial charge in [-0.1, -0.05) is 32.0 Å². The zero-order valence-corrected chi connectivity index (χ0v) is 17.6. The summed E-state index contributed by atoms with van der Waals surface area (Å²) in [5.74, 6) is 1.40. The Morgan fingerprint density at radius 2 is 1.79 bits per heavy atom. The molecule has 1 saturated heterocycles. The van der Waals surface area contributed by atoms with Crippen molar-refractivity contribution in [1.29, 1.82) is 0 Å². The van der Waals surface area contributed by atoms with Crippen LogP contribution in [0.5, 0.6) is 5.75 Å². The Bertz CT molecular complexity index is 799. The van der Waals surface area contributed by atoms with Crippen LogP contribution in [0.2, 0.25) is 0 Å². The minimum atomic E-state index is 0.137. The van der Waals surface area contributed by atoms with Gasteiger partial charge in [-0.25, -0.2) is 0 Å². The maximum Gasteiger partial charge on any atom is 0.253 e. The molecule has 2 aromatic rings. The predicted molar refractivity (Wildman–Crippen MR) is 115 cm³/mol. The summed E-state index contributed by atoms with van der Waals surface area (Å²) in [4.78, 5) is 17.4. The molecule has 1 aliphatic heterocycles. The normalized spacial score (nSPS) is 15.5. The molecule has 1 fully saturated rings. The van der Waals surface area contributed by atoms with Gasteiger partial charge in [0.2, 0.25) is 0 Å². The van der Waals surface area contributed by atoms with E-state index in [0.29, 0.717) is 12.5 Å². The lowest BCUT2D eigenvalue weighted by Gasteiger charge is -2.22. The second-order valence-electron chi connectivity index (χ2n) is 7.86. The number of likely N-dealkylation sites (N-methyl/N-ethyl adjacent to an activating group) is 1. The fraction of sp³-hybridized carbons (Fsp3) is 0.458. The quantitative estimate of drug-likeness (QED) is 0.757. The fourth-order valence-electron chi connectivity index (χ4n) is 3.77. The highest BCUT2D eigenvalue weighted by molar-refractivity contribution is 5.96. The molecule has 0 aromatic heterocycles. The molecule has 0 aliphatic carbocycles. The van der Waals surface area contributed by atoms with Crippen LogP contribution in [0.25, 0.3) is 11.1 Å². The molecule has 28 heavy (non-hydrogen) atoms. The topological polar surface area (TPSA) is 32.8 Å². The maximum absolute atomic E-state index is 13.2. The molecule has 1 heterocycles. The standard InChI is InChI=1S/C24H32N2O2/c1-5-28-21-10-7-19(8-11-21)23-17-20(9-12-22(23)18(2)3)24(27)26-14-6-13-25(4)15-16-26/h7-12,17-18H,5-6,13-16H2,1-4H3. The van der Waals surface area contributed by atoms with Gasteiger partial charge < -0.3 is 14.5 Å². The molecule has 1 amide bonds. The van der Waals surface area contributed by atoms with Crippen molar-refractivity contribution < 1.29 is 9.53 Å². The number of rotatable bonds is 5. The van der Waals surface area contributed by atoms with Gasteiger partial charge in [0, 0.05) is 25.2 Å². The zero-order valence-electron chi connectivity index (χ0n) is 17.6. The molecule has 3 rings (SSSR count). The van der Waals surface area contributed by atoms with Crippen LogP contribution in [-0.2, 0) is 0 Å². The smallest absolute Gasteiger partial charge is 0.253 e. The molecular formula is C24H32N2O2. The van der Waals surface area contributed by atoms with E-state index in [4.69, 9.17) is 4.74 Å². The van der Waals surface area contributed by atoms with Crippen molar-refractivity contribution in [3.05, 3.63) is 53.6 Å². The summed E-state index contributed by atoms with van der Waals surface area (Å²) in [5.41, 5.74) is 4.29. The van der Waals surface area contributed by atoms with Crippen molar-refractivity contribution >= 4 is 5.91 Å². The first-order valence-electron chi connectivity index (χ1n) is 10.3. The number of ether oxygens (including phenoxy) is 1. The predicted octanol–water partition coefficient (Wildman–Crippen LogP) is 4.65. The summed E-state index contributed by atoms with van der Waals surface area (Å²) >= 11 is 0. The summed E-state index contributed by atoms with van der Waals surface area (Å²) in [5, 5.41) is 0. The van der Waals surface area contributed by atoms with Gasteiger partial charge in [-0.3, -0.25) is 4.79 Å². The molecule has 0 bridgehead atoms. The van der Waals surface area contributed by atoms with Crippen LogP contribution >= 0.6 is 0 Å². The minimum absolute atomic E-state index is 0.137. The van der Waals surface area contributed by atoms with Crippen molar-refractivity contribution in [3.63, 3.8) is 0 Å². The van der Waals surface area contributed by atoms with Crippen molar-refractivity contribution in [1.82, 2.24) is 9.80 Å². The summed E-state index contributed by atoms with van der Waals surface area (Å²) in [6, 6.07) is 14.4. The van der Waals surface area contributed by atoms with Crippen LogP contribution in [0, 0.1) is 0 Å². The highest BCUT2D eigenvalue weighted by Gasteiger charge is 2.20. The number of amides is 1. The van der Waals surface area contributed by atoms with Crippen molar-refractivity contribution in [2.75, 3.05) is 39.8 Å². The van der Waals surface area contributed by atoms with Crippen molar-refractivity contribution in [3.8, 4) is 16.9 Å². The lowest BCUT2D eigenvalue weighted by Crippen LogP contribution is -2.34. The lowest BCUT2D eigenvalue weighted by molar-refractivity contribution is 0.0763. The number of carbonyl (C=O) groups is 1. The Morgan fingerprint density at radius 3 is 2.46 bits per heavy atom. The van der Waals surface area contributed by atoms with E-state index in [-0.39, 0.29) is 5.91 Å². The van der Waals surface area contributed by atoms with Gasteiger partial charge in [-0.15, -0.1) is 0 Å². The maximum atomic E-state index is 13.2. The average Bonchev–Trinajstić information content (AvgIpc) is 2.92. The zero-order chi connectivity index (χ0) is 20.1. The van der Waals surface area contributed by atoms with Crippen LogP contribution in [0.3, 0.4) is 0 Å². The number of hydrogen-bond acceptors (Lipinski definition) is 3. The number of benzene rings is 2. The van der Waals surface area contributed by atoms with Gasteiger partial charge in [0.05, 0.1) is 6.61 Å².